The molecule has 4 heteroatoms. The highest BCUT2D eigenvalue weighted by atomic mass is 32.1. The first-order valence-electron chi connectivity index (χ1n) is 7.24. The molecule has 2 N–H and O–H groups in total. The number of amides is 1. The van der Waals surface area contributed by atoms with Gasteiger partial charge in [0.1, 0.15) is 0 Å². The second-order valence-corrected chi connectivity index (χ2v) is 6.42. The van der Waals surface area contributed by atoms with Gasteiger partial charge in [-0.15, -0.1) is 11.3 Å². The molecule has 0 saturated heterocycles. The van der Waals surface area contributed by atoms with Crippen LogP contribution in [0.25, 0.3) is 0 Å². The first-order valence-corrected chi connectivity index (χ1v) is 8.12. The van der Waals surface area contributed by atoms with Gasteiger partial charge in [-0.05, 0) is 56.0 Å². The van der Waals surface area contributed by atoms with Gasteiger partial charge in [-0.2, -0.15) is 0 Å². The molecule has 1 aromatic rings. The van der Waals surface area contributed by atoms with E-state index in [0.29, 0.717) is 12.1 Å². The third kappa shape index (κ3) is 3.37. The number of thiophene rings is 1. The summed E-state index contributed by atoms with van der Waals surface area (Å²) in [6.45, 7) is 5.01. The van der Waals surface area contributed by atoms with Crippen molar-refractivity contribution in [3.63, 3.8) is 0 Å². The number of aryl methyl sites for hydroxylation is 1. The maximum atomic E-state index is 12.7. The lowest BCUT2D eigenvalue weighted by Gasteiger charge is -2.36. The van der Waals surface area contributed by atoms with E-state index in [-0.39, 0.29) is 5.91 Å². The van der Waals surface area contributed by atoms with Gasteiger partial charge in [0.15, 0.2) is 0 Å². The first kappa shape index (κ1) is 14.5. The Morgan fingerprint density at radius 1 is 1.42 bits per heavy atom. The Kier molecular flexibility index (Phi) is 4.99. The van der Waals surface area contributed by atoms with Crippen molar-refractivity contribution >= 4 is 17.2 Å². The van der Waals surface area contributed by atoms with Crippen LogP contribution in [-0.2, 0) is 0 Å². The summed E-state index contributed by atoms with van der Waals surface area (Å²) in [7, 11) is 0. The Morgan fingerprint density at radius 3 is 2.63 bits per heavy atom. The van der Waals surface area contributed by atoms with Crippen molar-refractivity contribution < 1.29 is 4.79 Å². The fourth-order valence-corrected chi connectivity index (χ4v) is 3.71. The lowest BCUT2D eigenvalue weighted by molar-refractivity contribution is 0.0631. The van der Waals surface area contributed by atoms with E-state index in [9.17, 15) is 4.79 Å². The van der Waals surface area contributed by atoms with E-state index < -0.39 is 0 Å². The second kappa shape index (κ2) is 6.53. The van der Waals surface area contributed by atoms with Gasteiger partial charge in [-0.25, -0.2) is 0 Å². The van der Waals surface area contributed by atoms with Crippen molar-refractivity contribution in [3.8, 4) is 0 Å². The summed E-state index contributed by atoms with van der Waals surface area (Å²) in [4.78, 5) is 15.7. The van der Waals surface area contributed by atoms with E-state index in [2.05, 4.69) is 11.8 Å². The molecule has 2 rings (SSSR count). The molecule has 19 heavy (non-hydrogen) atoms. The summed E-state index contributed by atoms with van der Waals surface area (Å²) in [5.41, 5.74) is 7.07. The van der Waals surface area contributed by atoms with Crippen LogP contribution in [0, 0.1) is 6.92 Å². The number of hydrogen-bond acceptors (Lipinski definition) is 3. The van der Waals surface area contributed by atoms with Gasteiger partial charge in [0.05, 0.1) is 4.88 Å². The minimum absolute atomic E-state index is 0.217. The van der Waals surface area contributed by atoms with Crippen molar-refractivity contribution in [3.05, 3.63) is 21.9 Å². The lowest BCUT2D eigenvalue weighted by Crippen LogP contribution is -2.44. The predicted molar refractivity (Wildman–Crippen MR) is 80.6 cm³/mol. The molecular weight excluding hydrogens is 256 g/mol. The Hall–Kier alpha value is -0.870. The SMILES string of the molecule is CCCN(C(=O)c1sccc1C)C1CCC(N)CC1. The molecule has 0 spiro atoms. The Bertz CT molecular complexity index is 422. The molecule has 0 aliphatic heterocycles. The van der Waals surface area contributed by atoms with Crippen molar-refractivity contribution in [2.75, 3.05) is 6.54 Å². The monoisotopic (exact) mass is 280 g/mol. The van der Waals surface area contributed by atoms with Crippen LogP contribution in [0.3, 0.4) is 0 Å². The second-order valence-electron chi connectivity index (χ2n) is 5.50. The molecule has 1 saturated carbocycles. The van der Waals surface area contributed by atoms with E-state index in [0.717, 1.165) is 49.1 Å². The molecule has 106 valence electrons. The van der Waals surface area contributed by atoms with Crippen LogP contribution < -0.4 is 5.73 Å². The summed E-state index contributed by atoms with van der Waals surface area (Å²) < 4.78 is 0. The van der Waals surface area contributed by atoms with Gasteiger partial charge >= 0.3 is 0 Å². The molecule has 3 nitrogen and oxygen atoms in total. The summed E-state index contributed by atoms with van der Waals surface area (Å²) in [5, 5.41) is 2.00. The summed E-state index contributed by atoms with van der Waals surface area (Å²) in [5.74, 6) is 0.217. The molecule has 1 fully saturated rings. The van der Waals surface area contributed by atoms with Gasteiger partial charge in [0.25, 0.3) is 5.91 Å². The average molecular weight is 280 g/mol. The normalized spacial score (nSPS) is 23.3. The molecule has 1 aliphatic carbocycles. The molecule has 0 bridgehead atoms. The van der Waals surface area contributed by atoms with Gasteiger partial charge < -0.3 is 10.6 Å². The van der Waals surface area contributed by atoms with Gasteiger partial charge in [0, 0.05) is 18.6 Å². The van der Waals surface area contributed by atoms with Crippen LogP contribution in [0.1, 0.15) is 54.3 Å². The minimum atomic E-state index is 0.217. The van der Waals surface area contributed by atoms with Crippen LogP contribution in [0.2, 0.25) is 0 Å². The number of rotatable bonds is 4. The maximum absolute atomic E-state index is 12.7. The van der Waals surface area contributed by atoms with Crippen molar-refractivity contribution in [1.29, 1.82) is 0 Å². The van der Waals surface area contributed by atoms with Crippen LogP contribution >= 0.6 is 11.3 Å². The van der Waals surface area contributed by atoms with Gasteiger partial charge in [0.2, 0.25) is 0 Å². The standard InChI is InChI=1S/C15H24N2OS/c1-3-9-17(13-6-4-12(16)5-7-13)15(18)14-11(2)8-10-19-14/h8,10,12-13H,3-7,9,16H2,1-2H3. The number of nitrogens with two attached hydrogens (primary N) is 1. The van der Waals surface area contributed by atoms with Crippen LogP contribution in [-0.4, -0.2) is 29.4 Å². The van der Waals surface area contributed by atoms with Crippen LogP contribution in [0.15, 0.2) is 11.4 Å². The third-order valence-electron chi connectivity index (χ3n) is 3.96. The highest BCUT2D eigenvalue weighted by Crippen LogP contribution is 2.26. The molecule has 1 aromatic heterocycles. The average Bonchev–Trinajstić information content (AvgIpc) is 2.83. The third-order valence-corrected chi connectivity index (χ3v) is 4.97. The van der Waals surface area contributed by atoms with Gasteiger partial charge in [-0.1, -0.05) is 6.92 Å². The maximum Gasteiger partial charge on any atom is 0.264 e. The summed E-state index contributed by atoms with van der Waals surface area (Å²) >= 11 is 1.56. The quantitative estimate of drug-likeness (QED) is 0.920. The Labute approximate surface area is 119 Å². The van der Waals surface area contributed by atoms with Crippen molar-refractivity contribution in [2.45, 2.75) is 58.0 Å². The zero-order valence-corrected chi connectivity index (χ0v) is 12.7. The highest BCUT2D eigenvalue weighted by molar-refractivity contribution is 7.12. The van der Waals surface area contributed by atoms with Crippen LogP contribution in [0.4, 0.5) is 0 Å². The number of carbonyl (C=O) groups is 1. The number of hydrogen-bond donors (Lipinski definition) is 1. The molecule has 1 amide bonds. The molecule has 0 aromatic carbocycles. The largest absolute Gasteiger partial charge is 0.335 e. The van der Waals surface area contributed by atoms with Gasteiger partial charge in [-0.3, -0.25) is 4.79 Å². The topological polar surface area (TPSA) is 46.3 Å². The molecule has 0 atom stereocenters. The zero-order valence-electron chi connectivity index (χ0n) is 11.9. The highest BCUT2D eigenvalue weighted by Gasteiger charge is 2.28. The fourth-order valence-electron chi connectivity index (χ4n) is 2.83. The molecule has 0 radical (unpaired) electrons. The smallest absolute Gasteiger partial charge is 0.264 e. The molecule has 1 heterocycles. The summed E-state index contributed by atoms with van der Waals surface area (Å²) in [6, 6.07) is 2.74. The van der Waals surface area contributed by atoms with E-state index >= 15 is 0 Å². The zero-order chi connectivity index (χ0) is 13.8. The summed E-state index contributed by atoms with van der Waals surface area (Å²) in [6.07, 6.45) is 5.20. The fraction of sp³-hybridized carbons (Fsp3) is 0.667. The van der Waals surface area contributed by atoms with E-state index in [1.165, 1.54) is 0 Å². The molecular formula is C15H24N2OS. The molecule has 1 aliphatic rings. The lowest BCUT2D eigenvalue weighted by atomic mass is 9.90. The molecule has 0 unspecified atom stereocenters. The van der Waals surface area contributed by atoms with Crippen molar-refractivity contribution in [2.24, 2.45) is 5.73 Å². The van der Waals surface area contributed by atoms with E-state index in [1.54, 1.807) is 11.3 Å². The Balaban J connectivity index is 2.11. The van der Waals surface area contributed by atoms with E-state index in [1.807, 2.05) is 18.4 Å². The minimum Gasteiger partial charge on any atom is -0.335 e. The van der Waals surface area contributed by atoms with Crippen LogP contribution in [0.5, 0.6) is 0 Å². The number of nitrogens with zero attached hydrogens (tertiary/aromatic N) is 1. The Morgan fingerprint density at radius 2 is 2.11 bits per heavy atom. The van der Waals surface area contributed by atoms with E-state index in [4.69, 9.17) is 5.73 Å². The first-order chi connectivity index (χ1) is 9.13. The predicted octanol–water partition coefficient (Wildman–Crippen LogP) is 3.18. The number of carbonyl (C=O) groups excluding carboxylic acids is 1. The van der Waals surface area contributed by atoms with Crippen molar-refractivity contribution in [1.82, 2.24) is 4.90 Å².